The van der Waals surface area contributed by atoms with Gasteiger partial charge in [-0.15, -0.1) is 11.8 Å². The van der Waals surface area contributed by atoms with Crippen molar-refractivity contribution >= 4 is 46.6 Å². The van der Waals surface area contributed by atoms with Gasteiger partial charge in [0.25, 0.3) is 0 Å². The van der Waals surface area contributed by atoms with Crippen molar-refractivity contribution < 1.29 is 9.53 Å². The van der Waals surface area contributed by atoms with Gasteiger partial charge in [0, 0.05) is 4.90 Å². The number of ether oxygens (including phenoxy) is 1. The minimum Gasteiger partial charge on any atom is -0.497 e. The van der Waals surface area contributed by atoms with Crippen LogP contribution in [0.2, 0.25) is 10.0 Å². The number of halogens is 2. The average molecular weight is 356 g/mol. The Labute approximate surface area is 144 Å². The zero-order chi connectivity index (χ0) is 16.1. The van der Waals surface area contributed by atoms with Gasteiger partial charge in [-0.1, -0.05) is 29.3 Å². The molecule has 2 aromatic carbocycles. The molecule has 0 aliphatic carbocycles. The van der Waals surface area contributed by atoms with Crippen molar-refractivity contribution in [1.82, 2.24) is 0 Å². The number of rotatable bonds is 5. The molecule has 6 heteroatoms. The zero-order valence-electron chi connectivity index (χ0n) is 12.1. The van der Waals surface area contributed by atoms with E-state index in [0.717, 1.165) is 10.6 Å². The third-order valence-electron chi connectivity index (χ3n) is 2.95. The van der Waals surface area contributed by atoms with Crippen LogP contribution < -0.4 is 10.1 Å². The van der Waals surface area contributed by atoms with E-state index in [1.807, 2.05) is 31.2 Å². The molecule has 1 N–H and O–H groups in total. The number of carbonyl (C=O) groups is 1. The first kappa shape index (κ1) is 17.0. The van der Waals surface area contributed by atoms with Crippen LogP contribution in [-0.4, -0.2) is 18.3 Å². The van der Waals surface area contributed by atoms with E-state index < -0.39 is 0 Å². The number of hydrogen-bond acceptors (Lipinski definition) is 3. The quantitative estimate of drug-likeness (QED) is 0.756. The number of anilines is 1. The molecule has 0 aromatic heterocycles. The van der Waals surface area contributed by atoms with E-state index in [0.29, 0.717) is 15.7 Å². The molecular formula is C16H15Cl2NO2S. The standard InChI is InChI=1S/C16H15Cl2NO2S/c1-10(22-12-8-6-11(21-2)7-9-12)16(20)19-14-5-3-4-13(17)15(14)18/h3-10H,1-2H3,(H,19,20). The van der Waals surface area contributed by atoms with Crippen LogP contribution in [0.3, 0.4) is 0 Å². The molecule has 0 aliphatic rings. The highest BCUT2D eigenvalue weighted by atomic mass is 35.5. The molecule has 116 valence electrons. The van der Waals surface area contributed by atoms with Crippen molar-refractivity contribution in [3.8, 4) is 5.75 Å². The number of amides is 1. The summed E-state index contributed by atoms with van der Waals surface area (Å²) < 4.78 is 5.11. The highest BCUT2D eigenvalue weighted by molar-refractivity contribution is 8.00. The van der Waals surface area contributed by atoms with Crippen LogP contribution in [0.4, 0.5) is 5.69 Å². The Morgan fingerprint density at radius 1 is 1.18 bits per heavy atom. The summed E-state index contributed by atoms with van der Waals surface area (Å²) >= 11 is 13.5. The SMILES string of the molecule is COc1ccc(SC(C)C(=O)Nc2cccc(Cl)c2Cl)cc1. The number of benzene rings is 2. The molecule has 0 fully saturated rings. The van der Waals surface area contributed by atoms with Gasteiger partial charge in [0.15, 0.2) is 0 Å². The molecule has 1 amide bonds. The van der Waals surface area contributed by atoms with Crippen molar-refractivity contribution in [2.45, 2.75) is 17.1 Å². The van der Waals surface area contributed by atoms with Gasteiger partial charge in [0.05, 0.1) is 28.1 Å². The molecule has 0 spiro atoms. The van der Waals surface area contributed by atoms with Gasteiger partial charge in [-0.3, -0.25) is 4.79 Å². The molecule has 1 unspecified atom stereocenters. The summed E-state index contributed by atoms with van der Waals surface area (Å²) in [5.41, 5.74) is 0.515. The summed E-state index contributed by atoms with van der Waals surface area (Å²) in [6.07, 6.45) is 0. The van der Waals surface area contributed by atoms with Gasteiger partial charge in [-0.05, 0) is 43.3 Å². The highest BCUT2D eigenvalue weighted by Crippen LogP contribution is 2.31. The molecule has 3 nitrogen and oxygen atoms in total. The molecule has 0 saturated heterocycles. The fourth-order valence-corrected chi connectivity index (χ4v) is 2.96. The van der Waals surface area contributed by atoms with E-state index in [1.54, 1.807) is 25.3 Å². The maximum absolute atomic E-state index is 12.2. The van der Waals surface area contributed by atoms with Crippen LogP contribution in [0.1, 0.15) is 6.92 Å². The Hall–Kier alpha value is -1.36. The highest BCUT2D eigenvalue weighted by Gasteiger charge is 2.16. The second kappa shape index (κ2) is 7.77. The Morgan fingerprint density at radius 2 is 1.86 bits per heavy atom. The Kier molecular flexibility index (Phi) is 6.00. The van der Waals surface area contributed by atoms with Crippen LogP contribution in [0.5, 0.6) is 5.75 Å². The van der Waals surface area contributed by atoms with E-state index in [-0.39, 0.29) is 11.2 Å². The van der Waals surface area contributed by atoms with Crippen LogP contribution in [0.25, 0.3) is 0 Å². The number of thioether (sulfide) groups is 1. The number of methoxy groups -OCH3 is 1. The molecule has 0 aliphatic heterocycles. The van der Waals surface area contributed by atoms with Gasteiger partial charge < -0.3 is 10.1 Å². The average Bonchev–Trinajstić information content (AvgIpc) is 2.52. The van der Waals surface area contributed by atoms with Crippen molar-refractivity contribution in [2.75, 3.05) is 12.4 Å². The zero-order valence-corrected chi connectivity index (χ0v) is 14.4. The maximum Gasteiger partial charge on any atom is 0.237 e. The first-order chi connectivity index (χ1) is 10.5. The molecule has 0 saturated carbocycles. The minimum absolute atomic E-state index is 0.134. The molecule has 0 bridgehead atoms. The summed E-state index contributed by atoms with van der Waals surface area (Å²) in [5, 5.41) is 3.28. The molecule has 2 aromatic rings. The lowest BCUT2D eigenvalue weighted by Gasteiger charge is -2.13. The largest absolute Gasteiger partial charge is 0.497 e. The summed E-state index contributed by atoms with van der Waals surface area (Å²) in [5.74, 6) is 0.650. The van der Waals surface area contributed by atoms with Crippen LogP contribution in [0, 0.1) is 0 Å². The molecular weight excluding hydrogens is 341 g/mol. The lowest BCUT2D eigenvalue weighted by atomic mass is 10.3. The van der Waals surface area contributed by atoms with E-state index in [4.69, 9.17) is 27.9 Å². The van der Waals surface area contributed by atoms with Crippen LogP contribution >= 0.6 is 35.0 Å². The van der Waals surface area contributed by atoms with Gasteiger partial charge in [0.2, 0.25) is 5.91 Å². The number of nitrogens with one attached hydrogen (secondary N) is 1. The van der Waals surface area contributed by atoms with Crippen molar-refractivity contribution in [3.63, 3.8) is 0 Å². The van der Waals surface area contributed by atoms with Gasteiger partial charge in [0.1, 0.15) is 5.75 Å². The third-order valence-corrected chi connectivity index (χ3v) is 4.88. The van der Waals surface area contributed by atoms with Crippen molar-refractivity contribution in [2.24, 2.45) is 0 Å². The van der Waals surface area contributed by atoms with Crippen LogP contribution in [0.15, 0.2) is 47.4 Å². The van der Waals surface area contributed by atoms with Gasteiger partial charge >= 0.3 is 0 Å². The van der Waals surface area contributed by atoms with Gasteiger partial charge in [-0.2, -0.15) is 0 Å². The number of hydrogen-bond donors (Lipinski definition) is 1. The number of carbonyl (C=O) groups excluding carboxylic acids is 1. The van der Waals surface area contributed by atoms with Gasteiger partial charge in [-0.25, -0.2) is 0 Å². The summed E-state index contributed by atoms with van der Waals surface area (Å²) in [7, 11) is 1.62. The second-order valence-electron chi connectivity index (χ2n) is 4.53. The van der Waals surface area contributed by atoms with Crippen LogP contribution in [-0.2, 0) is 4.79 Å². The smallest absolute Gasteiger partial charge is 0.237 e. The maximum atomic E-state index is 12.2. The molecule has 22 heavy (non-hydrogen) atoms. The lowest BCUT2D eigenvalue weighted by Crippen LogP contribution is -2.22. The Morgan fingerprint density at radius 3 is 2.50 bits per heavy atom. The fraction of sp³-hybridized carbons (Fsp3) is 0.188. The first-order valence-corrected chi connectivity index (χ1v) is 8.20. The van der Waals surface area contributed by atoms with E-state index >= 15 is 0 Å². The van der Waals surface area contributed by atoms with E-state index in [9.17, 15) is 4.79 Å². The predicted octanol–water partition coefficient (Wildman–Crippen LogP) is 5.12. The minimum atomic E-state index is -0.275. The lowest BCUT2D eigenvalue weighted by molar-refractivity contribution is -0.115. The topological polar surface area (TPSA) is 38.3 Å². The molecule has 0 heterocycles. The molecule has 1 atom stereocenters. The summed E-state index contributed by atoms with van der Waals surface area (Å²) in [6, 6.07) is 12.7. The summed E-state index contributed by atoms with van der Waals surface area (Å²) in [4.78, 5) is 13.2. The first-order valence-electron chi connectivity index (χ1n) is 6.57. The van der Waals surface area contributed by atoms with Crippen molar-refractivity contribution in [3.05, 3.63) is 52.5 Å². The van der Waals surface area contributed by atoms with E-state index in [2.05, 4.69) is 5.32 Å². The second-order valence-corrected chi connectivity index (χ2v) is 6.73. The molecule has 0 radical (unpaired) electrons. The Bertz CT molecular complexity index is 662. The monoisotopic (exact) mass is 355 g/mol. The Balaban J connectivity index is 2.01. The fourth-order valence-electron chi connectivity index (χ4n) is 1.75. The molecule has 2 rings (SSSR count). The van der Waals surface area contributed by atoms with E-state index in [1.165, 1.54) is 11.8 Å². The van der Waals surface area contributed by atoms with Crippen molar-refractivity contribution in [1.29, 1.82) is 0 Å². The normalized spacial score (nSPS) is 11.8. The summed E-state index contributed by atoms with van der Waals surface area (Å²) in [6.45, 7) is 1.84. The predicted molar refractivity (Wildman–Crippen MR) is 93.4 cm³/mol. The third kappa shape index (κ3) is 4.32.